The Balaban J connectivity index is 1.96. The Labute approximate surface area is 116 Å². The van der Waals surface area contributed by atoms with Gasteiger partial charge in [-0.25, -0.2) is 4.39 Å². The van der Waals surface area contributed by atoms with Crippen molar-refractivity contribution in [1.82, 2.24) is 0 Å². The van der Waals surface area contributed by atoms with Gasteiger partial charge in [0, 0.05) is 10.5 Å². The van der Waals surface area contributed by atoms with Gasteiger partial charge in [0.25, 0.3) is 0 Å². The van der Waals surface area contributed by atoms with Crippen molar-refractivity contribution in [3.63, 3.8) is 0 Å². The second-order valence-electron chi connectivity index (χ2n) is 5.59. The molecular weight excluding hydrogens is 261 g/mol. The Kier molecular flexibility index (Phi) is 3.28. The first kappa shape index (κ1) is 13.0. The van der Waals surface area contributed by atoms with Gasteiger partial charge in [-0.1, -0.05) is 6.42 Å². The van der Waals surface area contributed by atoms with Gasteiger partial charge < -0.3 is 5.11 Å². The van der Waals surface area contributed by atoms with Gasteiger partial charge in [-0.3, -0.25) is 0 Å². The molecule has 2 saturated heterocycles. The molecule has 0 aromatic heterocycles. The number of hydrogen-bond acceptors (Lipinski definition) is 3. The van der Waals surface area contributed by atoms with E-state index in [2.05, 4.69) is 0 Å². The summed E-state index contributed by atoms with van der Waals surface area (Å²) in [6.45, 7) is 0. The van der Waals surface area contributed by atoms with Crippen LogP contribution in [-0.4, -0.2) is 15.6 Å². The zero-order chi connectivity index (χ0) is 13.5. The third kappa shape index (κ3) is 2.50. The summed E-state index contributed by atoms with van der Waals surface area (Å²) in [5.74, 6) is -0.439. The van der Waals surface area contributed by atoms with E-state index in [4.69, 9.17) is 5.26 Å². The monoisotopic (exact) mass is 277 g/mol. The van der Waals surface area contributed by atoms with Crippen molar-refractivity contribution >= 4 is 11.8 Å². The highest BCUT2D eigenvalue weighted by molar-refractivity contribution is 8.00. The number of halogens is 1. The van der Waals surface area contributed by atoms with Crippen molar-refractivity contribution in [2.24, 2.45) is 0 Å². The number of nitrogens with zero attached hydrogens (tertiary/aromatic N) is 1. The van der Waals surface area contributed by atoms with Crippen LogP contribution in [0.25, 0.3) is 0 Å². The molecule has 0 saturated carbocycles. The van der Waals surface area contributed by atoms with Gasteiger partial charge in [0.1, 0.15) is 5.82 Å². The van der Waals surface area contributed by atoms with Crippen LogP contribution in [-0.2, 0) is 5.60 Å². The molecule has 2 fully saturated rings. The van der Waals surface area contributed by atoms with E-state index in [0.717, 1.165) is 12.8 Å². The van der Waals surface area contributed by atoms with Crippen LogP contribution in [0.5, 0.6) is 0 Å². The van der Waals surface area contributed by atoms with E-state index < -0.39 is 11.4 Å². The average molecular weight is 277 g/mol. The summed E-state index contributed by atoms with van der Waals surface area (Å²) in [4.78, 5) is 0. The molecule has 1 aromatic rings. The molecule has 19 heavy (non-hydrogen) atoms. The molecule has 3 rings (SSSR count). The van der Waals surface area contributed by atoms with Crippen LogP contribution in [0, 0.1) is 17.1 Å². The van der Waals surface area contributed by atoms with E-state index in [1.54, 1.807) is 6.07 Å². The average Bonchev–Trinajstić information content (AvgIpc) is 2.37. The van der Waals surface area contributed by atoms with Gasteiger partial charge >= 0.3 is 0 Å². The zero-order valence-corrected chi connectivity index (χ0v) is 11.4. The van der Waals surface area contributed by atoms with Crippen molar-refractivity contribution in [3.05, 3.63) is 35.1 Å². The Morgan fingerprint density at radius 2 is 1.95 bits per heavy atom. The minimum atomic E-state index is -0.964. The summed E-state index contributed by atoms with van der Waals surface area (Å²) in [6, 6.07) is 6.19. The van der Waals surface area contributed by atoms with Crippen molar-refractivity contribution < 1.29 is 9.50 Å². The first-order valence-electron chi connectivity index (χ1n) is 6.68. The van der Waals surface area contributed by atoms with Gasteiger partial charge in [-0.2, -0.15) is 17.0 Å². The van der Waals surface area contributed by atoms with Crippen molar-refractivity contribution in [2.45, 2.75) is 48.2 Å². The molecule has 100 valence electrons. The maximum Gasteiger partial charge on any atom is 0.124 e. The number of aliphatic hydroxyl groups is 1. The normalized spacial score (nSPS) is 33.7. The van der Waals surface area contributed by atoms with E-state index >= 15 is 0 Å². The molecule has 2 bridgehead atoms. The lowest BCUT2D eigenvalue weighted by Crippen LogP contribution is -2.40. The fourth-order valence-electron chi connectivity index (χ4n) is 3.28. The van der Waals surface area contributed by atoms with Crippen LogP contribution in [0.15, 0.2) is 18.2 Å². The minimum Gasteiger partial charge on any atom is -0.385 e. The van der Waals surface area contributed by atoms with E-state index in [1.807, 2.05) is 17.8 Å². The fraction of sp³-hybridized carbons (Fsp3) is 0.533. The molecule has 0 spiro atoms. The number of thioether (sulfide) groups is 1. The zero-order valence-electron chi connectivity index (χ0n) is 10.6. The predicted octanol–water partition coefficient (Wildman–Crippen LogP) is 3.33. The van der Waals surface area contributed by atoms with Crippen LogP contribution < -0.4 is 0 Å². The smallest absolute Gasteiger partial charge is 0.124 e. The molecule has 1 aromatic carbocycles. The summed E-state index contributed by atoms with van der Waals surface area (Å²) < 4.78 is 13.6. The van der Waals surface area contributed by atoms with Gasteiger partial charge in [0.15, 0.2) is 0 Å². The van der Waals surface area contributed by atoms with Gasteiger partial charge in [-0.15, -0.1) is 0 Å². The molecule has 2 heterocycles. The Morgan fingerprint density at radius 3 is 2.58 bits per heavy atom. The molecule has 2 atom stereocenters. The third-order valence-electron chi connectivity index (χ3n) is 4.13. The van der Waals surface area contributed by atoms with Gasteiger partial charge in [-0.05, 0) is 49.4 Å². The SMILES string of the molecule is N#Cc1cc(F)cc(C2(O)CC3CCCC(C2)S3)c1. The molecule has 4 heteroatoms. The molecular formula is C15H16FNOS. The highest BCUT2D eigenvalue weighted by Crippen LogP contribution is 2.49. The molecule has 0 aliphatic carbocycles. The van der Waals surface area contributed by atoms with E-state index in [-0.39, 0.29) is 5.56 Å². The molecule has 0 radical (unpaired) electrons. The highest BCUT2D eigenvalue weighted by Gasteiger charge is 2.42. The van der Waals surface area contributed by atoms with Crippen molar-refractivity contribution in [2.75, 3.05) is 0 Å². The molecule has 2 nitrogen and oxygen atoms in total. The van der Waals surface area contributed by atoms with E-state index in [9.17, 15) is 9.50 Å². The lowest BCUT2D eigenvalue weighted by atomic mass is 9.80. The van der Waals surface area contributed by atoms with Gasteiger partial charge in [0.05, 0.1) is 17.2 Å². The standard InChI is InChI=1S/C15H16FNOS/c16-12-5-10(9-17)4-11(6-12)15(18)7-13-2-1-3-14(8-15)19-13/h4-6,13-14,18H,1-3,7-8H2. The van der Waals surface area contributed by atoms with Crippen molar-refractivity contribution in [1.29, 1.82) is 5.26 Å². The number of nitriles is 1. The van der Waals surface area contributed by atoms with E-state index in [1.165, 1.54) is 18.6 Å². The first-order chi connectivity index (χ1) is 9.09. The van der Waals surface area contributed by atoms with Crippen LogP contribution in [0.2, 0.25) is 0 Å². The van der Waals surface area contributed by atoms with E-state index in [0.29, 0.717) is 28.9 Å². The number of fused-ring (bicyclic) bond motifs is 2. The number of rotatable bonds is 1. The summed E-state index contributed by atoms with van der Waals surface area (Å²) in [5.41, 5.74) is -0.109. The minimum absolute atomic E-state index is 0.284. The summed E-state index contributed by atoms with van der Waals surface area (Å²) in [7, 11) is 0. The lowest BCUT2D eigenvalue weighted by molar-refractivity contribution is 0.00784. The molecule has 2 aliphatic rings. The highest BCUT2D eigenvalue weighted by atomic mass is 32.2. The molecule has 0 amide bonds. The van der Waals surface area contributed by atoms with Gasteiger partial charge in [0.2, 0.25) is 0 Å². The second kappa shape index (κ2) is 4.81. The fourth-order valence-corrected chi connectivity index (χ4v) is 5.17. The summed E-state index contributed by atoms with van der Waals surface area (Å²) >= 11 is 1.97. The molecule has 1 N–H and O–H groups in total. The van der Waals surface area contributed by atoms with Crippen LogP contribution in [0.4, 0.5) is 4.39 Å². The van der Waals surface area contributed by atoms with Crippen LogP contribution in [0.3, 0.4) is 0 Å². The Bertz CT molecular complexity index is 527. The third-order valence-corrected chi connectivity index (χ3v) is 5.71. The maximum absolute atomic E-state index is 13.6. The largest absolute Gasteiger partial charge is 0.385 e. The summed E-state index contributed by atoms with van der Waals surface area (Å²) in [5, 5.41) is 20.8. The summed E-state index contributed by atoms with van der Waals surface area (Å²) in [6.07, 6.45) is 4.82. The molecule has 2 unspecified atom stereocenters. The topological polar surface area (TPSA) is 44.0 Å². The lowest BCUT2D eigenvalue weighted by Gasteiger charge is -2.44. The quantitative estimate of drug-likeness (QED) is 0.856. The molecule has 2 aliphatic heterocycles. The van der Waals surface area contributed by atoms with Crippen LogP contribution >= 0.6 is 11.8 Å². The second-order valence-corrected chi connectivity index (χ2v) is 7.20. The number of benzene rings is 1. The Morgan fingerprint density at radius 1 is 1.26 bits per heavy atom. The maximum atomic E-state index is 13.6. The van der Waals surface area contributed by atoms with Crippen molar-refractivity contribution in [3.8, 4) is 6.07 Å². The first-order valence-corrected chi connectivity index (χ1v) is 7.62. The van der Waals surface area contributed by atoms with Crippen LogP contribution in [0.1, 0.15) is 43.2 Å². The predicted molar refractivity (Wildman–Crippen MR) is 73.3 cm³/mol. The Hall–Kier alpha value is -1.05. The number of hydrogen-bond donors (Lipinski definition) is 1.